The monoisotopic (exact) mass is 174 g/mol. The van der Waals surface area contributed by atoms with Crippen LogP contribution in [0.1, 0.15) is 6.92 Å². The summed E-state index contributed by atoms with van der Waals surface area (Å²) >= 11 is 0. The maximum atomic E-state index is 10.8. The van der Waals surface area contributed by atoms with Gasteiger partial charge in [-0.1, -0.05) is 6.58 Å². The normalized spacial score (nSPS) is 12.2. The molecule has 4 nitrogen and oxygen atoms in total. The van der Waals surface area contributed by atoms with Crippen LogP contribution < -0.4 is 0 Å². The second-order valence-electron chi connectivity index (χ2n) is 2.20. The van der Waals surface area contributed by atoms with Gasteiger partial charge in [0.1, 0.15) is 0 Å². The van der Waals surface area contributed by atoms with E-state index in [0.29, 0.717) is 0 Å². The minimum Gasteiger partial charge on any atom is -0.488 e. The third-order valence-electron chi connectivity index (χ3n) is 1.22. The van der Waals surface area contributed by atoms with Crippen molar-refractivity contribution in [2.24, 2.45) is 0 Å². The lowest BCUT2D eigenvalue weighted by Crippen LogP contribution is -2.26. The van der Waals surface area contributed by atoms with E-state index in [1.165, 1.54) is 13.2 Å². The van der Waals surface area contributed by atoms with E-state index in [0.717, 1.165) is 0 Å². The molecule has 0 aliphatic heterocycles. The van der Waals surface area contributed by atoms with Crippen molar-refractivity contribution in [3.63, 3.8) is 0 Å². The summed E-state index contributed by atoms with van der Waals surface area (Å²) in [7, 11) is 0. The molecule has 0 spiro atoms. The number of Topliss-reactive ketones (excluding diaryl/α,β-unsaturated/α-hetero) is 1. The molecule has 0 saturated heterocycles. The molecule has 0 heterocycles. The van der Waals surface area contributed by atoms with Crippen LogP contribution in [0.2, 0.25) is 0 Å². The van der Waals surface area contributed by atoms with Gasteiger partial charge in [0, 0.05) is 0 Å². The molecule has 0 aliphatic rings. The van der Waals surface area contributed by atoms with Crippen LogP contribution >= 0.6 is 0 Å². The first-order chi connectivity index (χ1) is 5.72. The Hall–Kier alpha value is -0.870. The summed E-state index contributed by atoms with van der Waals surface area (Å²) in [5.41, 5.74) is 0. The molecule has 12 heavy (non-hydrogen) atoms. The molecule has 70 valence electrons. The van der Waals surface area contributed by atoms with Gasteiger partial charge in [-0.25, -0.2) is 0 Å². The lowest BCUT2D eigenvalue weighted by Gasteiger charge is -2.12. The molecular weight excluding hydrogens is 160 g/mol. The van der Waals surface area contributed by atoms with Gasteiger partial charge in [0.05, 0.1) is 26.1 Å². The molecule has 0 aromatic carbocycles. The predicted octanol–water partition coefficient (Wildman–Crippen LogP) is 0.113. The Balaban J connectivity index is 3.63. The molecule has 0 aromatic rings. The molecule has 0 aromatic heterocycles. The second-order valence-corrected chi connectivity index (χ2v) is 2.20. The zero-order valence-corrected chi connectivity index (χ0v) is 7.16. The van der Waals surface area contributed by atoms with Crippen LogP contribution in [0.15, 0.2) is 12.8 Å². The molecule has 0 aliphatic carbocycles. The molecule has 0 amide bonds. The van der Waals surface area contributed by atoms with Crippen LogP contribution in [-0.2, 0) is 14.3 Å². The zero-order valence-electron chi connectivity index (χ0n) is 7.16. The van der Waals surface area contributed by atoms with Gasteiger partial charge in [-0.3, -0.25) is 4.79 Å². The molecule has 0 fully saturated rings. The fourth-order valence-corrected chi connectivity index (χ4v) is 0.624. The van der Waals surface area contributed by atoms with Crippen LogP contribution in [0.5, 0.6) is 0 Å². The van der Waals surface area contributed by atoms with E-state index in [1.807, 2.05) is 0 Å². The highest BCUT2D eigenvalue weighted by atomic mass is 16.5. The van der Waals surface area contributed by atoms with E-state index in [9.17, 15) is 4.79 Å². The first kappa shape index (κ1) is 11.1. The van der Waals surface area contributed by atoms with Crippen LogP contribution in [-0.4, -0.2) is 36.8 Å². The minimum absolute atomic E-state index is 0.0568. The maximum Gasteiger partial charge on any atom is 0.178 e. The Kier molecular flexibility index (Phi) is 6.32. The van der Waals surface area contributed by atoms with Crippen molar-refractivity contribution in [2.45, 2.75) is 13.0 Å². The van der Waals surface area contributed by atoms with Crippen molar-refractivity contribution < 1.29 is 19.4 Å². The molecule has 1 N–H and O–H groups in total. The minimum atomic E-state index is -0.603. The van der Waals surface area contributed by atoms with Crippen molar-refractivity contribution in [1.82, 2.24) is 0 Å². The van der Waals surface area contributed by atoms with E-state index >= 15 is 0 Å². The third kappa shape index (κ3) is 4.87. The lowest BCUT2D eigenvalue weighted by atomic mass is 10.3. The van der Waals surface area contributed by atoms with Gasteiger partial charge in [0.2, 0.25) is 0 Å². The lowest BCUT2D eigenvalue weighted by molar-refractivity contribution is -0.128. The Morgan fingerprint density at radius 2 is 2.42 bits per heavy atom. The fourth-order valence-electron chi connectivity index (χ4n) is 0.624. The van der Waals surface area contributed by atoms with Gasteiger partial charge in [0.25, 0.3) is 0 Å². The SMILES string of the molecule is C=COC(COCCO)C(C)=O. The highest BCUT2D eigenvalue weighted by Gasteiger charge is 2.13. The number of carbonyl (C=O) groups excluding carboxylic acids is 1. The van der Waals surface area contributed by atoms with Gasteiger partial charge in [-0.05, 0) is 6.92 Å². The summed E-state index contributed by atoms with van der Waals surface area (Å²) < 4.78 is 9.77. The summed E-state index contributed by atoms with van der Waals surface area (Å²) in [6.07, 6.45) is 0.600. The molecular formula is C8H14O4. The van der Waals surface area contributed by atoms with E-state index in [4.69, 9.17) is 14.6 Å². The smallest absolute Gasteiger partial charge is 0.178 e. The second kappa shape index (κ2) is 6.82. The summed E-state index contributed by atoms with van der Waals surface area (Å²) in [4.78, 5) is 10.8. The Bertz CT molecular complexity index is 144. The van der Waals surface area contributed by atoms with Crippen LogP contribution in [0.4, 0.5) is 0 Å². The summed E-state index contributed by atoms with van der Waals surface area (Å²) in [5, 5.41) is 8.38. The number of aliphatic hydroxyl groups excluding tert-OH is 1. The molecule has 0 radical (unpaired) electrons. The van der Waals surface area contributed by atoms with E-state index in [1.54, 1.807) is 0 Å². The van der Waals surface area contributed by atoms with Crippen LogP contribution in [0.3, 0.4) is 0 Å². The Morgan fingerprint density at radius 3 is 2.83 bits per heavy atom. The van der Waals surface area contributed by atoms with E-state index in [-0.39, 0.29) is 25.6 Å². The molecule has 0 rings (SSSR count). The standard InChI is InChI=1S/C8H14O4/c1-3-12-8(7(2)10)6-11-5-4-9/h3,8-9H,1,4-6H2,2H3. The number of ketones is 1. The number of ether oxygens (including phenoxy) is 2. The number of rotatable bonds is 7. The Morgan fingerprint density at radius 1 is 1.75 bits per heavy atom. The largest absolute Gasteiger partial charge is 0.488 e. The highest BCUT2D eigenvalue weighted by molar-refractivity contribution is 5.80. The maximum absolute atomic E-state index is 10.8. The molecule has 1 atom stereocenters. The van der Waals surface area contributed by atoms with Crippen LogP contribution in [0, 0.1) is 0 Å². The van der Waals surface area contributed by atoms with Gasteiger partial charge in [-0.2, -0.15) is 0 Å². The number of hydrogen-bond donors (Lipinski definition) is 1. The van der Waals surface area contributed by atoms with Gasteiger partial charge in [-0.15, -0.1) is 0 Å². The van der Waals surface area contributed by atoms with Gasteiger partial charge < -0.3 is 14.6 Å². The van der Waals surface area contributed by atoms with Gasteiger partial charge >= 0.3 is 0 Å². The number of hydrogen-bond acceptors (Lipinski definition) is 4. The average molecular weight is 174 g/mol. The number of carbonyl (C=O) groups is 1. The van der Waals surface area contributed by atoms with E-state index in [2.05, 4.69) is 6.58 Å². The topological polar surface area (TPSA) is 55.8 Å². The summed E-state index contributed by atoms with van der Waals surface area (Å²) in [6.45, 7) is 5.06. The van der Waals surface area contributed by atoms with Crippen molar-refractivity contribution >= 4 is 5.78 Å². The zero-order chi connectivity index (χ0) is 9.40. The number of aliphatic hydroxyl groups is 1. The highest BCUT2D eigenvalue weighted by Crippen LogP contribution is 1.95. The van der Waals surface area contributed by atoms with Crippen molar-refractivity contribution in [3.05, 3.63) is 12.8 Å². The van der Waals surface area contributed by atoms with Gasteiger partial charge in [0.15, 0.2) is 11.9 Å². The van der Waals surface area contributed by atoms with E-state index < -0.39 is 6.10 Å². The van der Waals surface area contributed by atoms with Crippen LogP contribution in [0.25, 0.3) is 0 Å². The molecule has 0 bridgehead atoms. The summed E-state index contributed by atoms with van der Waals surface area (Å²) in [5.74, 6) is -0.118. The third-order valence-corrected chi connectivity index (χ3v) is 1.22. The molecule has 4 heteroatoms. The first-order valence-corrected chi connectivity index (χ1v) is 3.67. The first-order valence-electron chi connectivity index (χ1n) is 3.67. The fraction of sp³-hybridized carbons (Fsp3) is 0.625. The van der Waals surface area contributed by atoms with Crippen molar-refractivity contribution in [1.29, 1.82) is 0 Å². The molecule has 1 unspecified atom stereocenters. The quantitative estimate of drug-likeness (QED) is 0.439. The predicted molar refractivity (Wildman–Crippen MR) is 43.7 cm³/mol. The Labute approximate surface area is 71.8 Å². The molecule has 0 saturated carbocycles. The average Bonchev–Trinajstić information content (AvgIpc) is 2.03. The summed E-state index contributed by atoms with van der Waals surface area (Å²) in [6, 6.07) is 0. The van der Waals surface area contributed by atoms with Crippen molar-refractivity contribution in [2.75, 3.05) is 19.8 Å². The van der Waals surface area contributed by atoms with Crippen molar-refractivity contribution in [3.8, 4) is 0 Å².